The summed E-state index contributed by atoms with van der Waals surface area (Å²) in [4.78, 5) is 30.3. The molecule has 2 aromatic rings. The van der Waals surface area contributed by atoms with Crippen LogP contribution in [-0.2, 0) is 0 Å². The molecule has 2 amide bonds. The molecular formula is C10H6N4O4-2. The van der Waals surface area contributed by atoms with E-state index in [9.17, 15) is 20.0 Å². The topological polar surface area (TPSA) is 130 Å². The first kappa shape index (κ1) is 11.9. The first-order chi connectivity index (χ1) is 8.67. The van der Waals surface area contributed by atoms with E-state index in [1.807, 2.05) is 0 Å². The molecule has 0 fully saturated rings. The molecule has 2 rings (SSSR count). The molecule has 0 saturated carbocycles. The summed E-state index contributed by atoms with van der Waals surface area (Å²) in [6.45, 7) is 0. The van der Waals surface area contributed by atoms with Gasteiger partial charge >= 0.3 is 0 Å². The fourth-order valence-electron chi connectivity index (χ4n) is 1.41. The minimum absolute atomic E-state index is 0.332. The molecule has 0 atom stereocenters. The molecule has 0 aliphatic heterocycles. The predicted molar refractivity (Wildman–Crippen MR) is 61.2 cm³/mol. The van der Waals surface area contributed by atoms with E-state index in [1.165, 1.54) is 0 Å². The number of para-hydroxylation sites is 2. The number of aromatic nitrogens is 2. The van der Waals surface area contributed by atoms with Gasteiger partial charge in [-0.2, -0.15) is 0 Å². The maximum absolute atomic E-state index is 11.3. The lowest BCUT2D eigenvalue weighted by atomic mass is 10.2. The third-order valence-electron chi connectivity index (χ3n) is 2.19. The zero-order valence-corrected chi connectivity index (χ0v) is 8.84. The van der Waals surface area contributed by atoms with Gasteiger partial charge in [0.05, 0.1) is 11.0 Å². The standard InChI is InChI=1S/C10H6N4O4/c15-9(13-17)7-8(10(16)14-18)12-6-4-2-1-3-5(6)11-7/h1-4H,(H2-2,11,12,13,14,15,16,17,18)/q-2. The van der Waals surface area contributed by atoms with Crippen LogP contribution in [0.2, 0.25) is 0 Å². The smallest absolute Gasteiger partial charge is 0.261 e. The van der Waals surface area contributed by atoms with Crippen molar-refractivity contribution in [2.75, 3.05) is 0 Å². The zero-order valence-electron chi connectivity index (χ0n) is 8.84. The van der Waals surface area contributed by atoms with Crippen LogP contribution < -0.4 is 11.0 Å². The van der Waals surface area contributed by atoms with Crippen molar-refractivity contribution < 1.29 is 9.59 Å². The number of benzene rings is 1. The number of carbonyl (C=O) groups is 2. The first-order valence-corrected chi connectivity index (χ1v) is 4.79. The van der Waals surface area contributed by atoms with Gasteiger partial charge in [0, 0.05) is 0 Å². The average Bonchev–Trinajstić information content (AvgIpc) is 2.44. The van der Waals surface area contributed by atoms with Crippen LogP contribution in [0.15, 0.2) is 24.3 Å². The van der Waals surface area contributed by atoms with Gasteiger partial charge in [-0.1, -0.05) is 12.1 Å². The quantitative estimate of drug-likeness (QED) is 0.722. The van der Waals surface area contributed by atoms with Crippen LogP contribution in [0.5, 0.6) is 0 Å². The van der Waals surface area contributed by atoms with E-state index in [0.717, 1.165) is 11.0 Å². The molecule has 0 aliphatic carbocycles. The third kappa shape index (κ3) is 1.97. The lowest BCUT2D eigenvalue weighted by Gasteiger charge is -2.13. The molecule has 1 aromatic heterocycles. The van der Waals surface area contributed by atoms with E-state index in [-0.39, 0.29) is 0 Å². The summed E-state index contributed by atoms with van der Waals surface area (Å²) in [5.74, 6) is -2.27. The molecule has 1 heterocycles. The van der Waals surface area contributed by atoms with Gasteiger partial charge in [0.2, 0.25) is 0 Å². The Morgan fingerprint density at radius 2 is 1.28 bits per heavy atom. The maximum Gasteiger partial charge on any atom is 0.261 e. The zero-order chi connectivity index (χ0) is 13.1. The average molecular weight is 246 g/mol. The molecule has 92 valence electrons. The maximum atomic E-state index is 11.3. The molecule has 0 unspecified atom stereocenters. The van der Waals surface area contributed by atoms with Crippen molar-refractivity contribution in [3.8, 4) is 0 Å². The SMILES string of the molecule is O=C(N[O-])c1nc2ccccc2nc1C(=O)N[O-]. The molecule has 8 heteroatoms. The summed E-state index contributed by atoms with van der Waals surface area (Å²) >= 11 is 0. The number of hydroxylamine groups is 2. The highest BCUT2D eigenvalue weighted by atomic mass is 16.5. The molecule has 0 radical (unpaired) electrons. The summed E-state index contributed by atoms with van der Waals surface area (Å²) in [6.07, 6.45) is 0. The molecule has 8 nitrogen and oxygen atoms in total. The summed E-state index contributed by atoms with van der Waals surface area (Å²) in [5, 5.41) is 20.7. The second kappa shape index (κ2) is 4.73. The van der Waals surface area contributed by atoms with Gasteiger partial charge in [0.25, 0.3) is 11.8 Å². The van der Waals surface area contributed by atoms with E-state index >= 15 is 0 Å². The van der Waals surface area contributed by atoms with Crippen molar-refractivity contribution >= 4 is 22.8 Å². The Labute approximate surface area is 100 Å². The van der Waals surface area contributed by atoms with Crippen molar-refractivity contribution in [1.29, 1.82) is 0 Å². The third-order valence-corrected chi connectivity index (χ3v) is 2.19. The van der Waals surface area contributed by atoms with Gasteiger partial charge < -0.3 is 21.4 Å². The van der Waals surface area contributed by atoms with Crippen molar-refractivity contribution in [2.24, 2.45) is 0 Å². The van der Waals surface area contributed by atoms with Crippen LogP contribution >= 0.6 is 0 Å². The number of hydrogen-bond acceptors (Lipinski definition) is 6. The Morgan fingerprint density at radius 1 is 0.889 bits per heavy atom. The predicted octanol–water partition coefficient (Wildman–Crippen LogP) is 0.0850. The Morgan fingerprint density at radius 3 is 1.61 bits per heavy atom. The first-order valence-electron chi connectivity index (χ1n) is 4.79. The number of hydrogen-bond donors (Lipinski definition) is 2. The van der Waals surface area contributed by atoms with E-state index < -0.39 is 23.2 Å². The number of nitrogens with zero attached hydrogens (tertiary/aromatic N) is 2. The van der Waals surface area contributed by atoms with Crippen molar-refractivity contribution in [3.63, 3.8) is 0 Å². The lowest BCUT2D eigenvalue weighted by molar-refractivity contribution is 0.0929. The number of nitrogens with one attached hydrogen (secondary N) is 2. The van der Waals surface area contributed by atoms with Gasteiger partial charge in [-0.15, -0.1) is 0 Å². The molecule has 0 saturated heterocycles. The van der Waals surface area contributed by atoms with Gasteiger partial charge in [-0.25, -0.2) is 9.97 Å². The van der Waals surface area contributed by atoms with Gasteiger partial charge in [0.15, 0.2) is 11.4 Å². The summed E-state index contributed by atoms with van der Waals surface area (Å²) in [5.41, 5.74) is 1.87. The van der Waals surface area contributed by atoms with Crippen LogP contribution in [0.3, 0.4) is 0 Å². The Balaban J connectivity index is 2.71. The number of carbonyl (C=O) groups excluding carboxylic acids is 2. The highest BCUT2D eigenvalue weighted by Crippen LogP contribution is 2.13. The number of amides is 2. The normalized spacial score (nSPS) is 10.1. The highest BCUT2D eigenvalue weighted by molar-refractivity contribution is 6.06. The minimum Gasteiger partial charge on any atom is -0.759 e. The summed E-state index contributed by atoms with van der Waals surface area (Å²) < 4.78 is 0. The van der Waals surface area contributed by atoms with Crippen LogP contribution in [-0.4, -0.2) is 21.8 Å². The van der Waals surface area contributed by atoms with E-state index in [1.54, 1.807) is 24.3 Å². The van der Waals surface area contributed by atoms with Crippen LogP contribution in [0.1, 0.15) is 21.0 Å². The molecule has 1 aromatic carbocycles. The molecule has 0 spiro atoms. The van der Waals surface area contributed by atoms with Gasteiger partial charge in [-0.3, -0.25) is 9.59 Å². The Hall–Kier alpha value is -2.58. The molecule has 0 aliphatic rings. The second-order valence-electron chi connectivity index (χ2n) is 3.27. The fraction of sp³-hybridized carbons (Fsp3) is 0. The van der Waals surface area contributed by atoms with Crippen LogP contribution in [0.25, 0.3) is 11.0 Å². The minimum atomic E-state index is -1.13. The summed E-state index contributed by atoms with van der Waals surface area (Å²) in [7, 11) is 0. The molecular weight excluding hydrogens is 240 g/mol. The largest absolute Gasteiger partial charge is 0.759 e. The molecule has 18 heavy (non-hydrogen) atoms. The highest BCUT2D eigenvalue weighted by Gasteiger charge is 2.18. The second-order valence-corrected chi connectivity index (χ2v) is 3.27. The molecule has 2 N–H and O–H groups in total. The van der Waals surface area contributed by atoms with E-state index in [4.69, 9.17) is 0 Å². The van der Waals surface area contributed by atoms with Gasteiger partial charge in [-0.05, 0) is 12.1 Å². The van der Waals surface area contributed by atoms with E-state index in [0.29, 0.717) is 11.0 Å². The number of rotatable bonds is 2. The van der Waals surface area contributed by atoms with Crippen molar-refractivity contribution in [1.82, 2.24) is 20.9 Å². The van der Waals surface area contributed by atoms with E-state index in [2.05, 4.69) is 9.97 Å². The summed E-state index contributed by atoms with van der Waals surface area (Å²) in [6, 6.07) is 6.43. The van der Waals surface area contributed by atoms with Gasteiger partial charge in [0.1, 0.15) is 0 Å². The van der Waals surface area contributed by atoms with Crippen molar-refractivity contribution in [3.05, 3.63) is 46.1 Å². The van der Waals surface area contributed by atoms with Crippen LogP contribution in [0, 0.1) is 10.4 Å². The Bertz CT molecular complexity index is 574. The fourth-order valence-corrected chi connectivity index (χ4v) is 1.41. The Kier molecular flexibility index (Phi) is 3.13. The number of fused-ring (bicyclic) bond motifs is 1. The van der Waals surface area contributed by atoms with Crippen molar-refractivity contribution in [2.45, 2.75) is 0 Å². The molecule has 0 bridgehead atoms. The van der Waals surface area contributed by atoms with Crippen LogP contribution in [0.4, 0.5) is 0 Å². The lowest BCUT2D eigenvalue weighted by Crippen LogP contribution is -2.26. The monoisotopic (exact) mass is 246 g/mol.